The Hall–Kier alpha value is -2.91. The Morgan fingerprint density at radius 1 is 1.31 bits per heavy atom. The van der Waals surface area contributed by atoms with E-state index in [1.807, 2.05) is 26.8 Å². The monoisotopic (exact) mass is 458 g/mol. The zero-order valence-electron chi connectivity index (χ0n) is 18.6. The minimum Gasteiger partial charge on any atom is -0.480 e. The van der Waals surface area contributed by atoms with Crippen LogP contribution in [0, 0.1) is 5.92 Å². The standard InChI is InChI=1S/C23H30N4O4S/c1-5-12-27(22(23(28)29)13-16(2)3)32(30,31)19-8-6-18(7-9-19)15-26-17(4)25-20-14-24-11-10-21(20)26/h5-11,14,16-17,22,25H,1,12-13,15H2,2-4H3,(H,28,29)/t17?,22-/m0/s1. The number of aliphatic carboxylic acids is 1. The molecule has 0 bridgehead atoms. The number of nitrogens with zero attached hydrogens (tertiary/aromatic N) is 3. The van der Waals surface area contributed by atoms with E-state index in [1.54, 1.807) is 24.5 Å². The minimum atomic E-state index is -4.01. The smallest absolute Gasteiger partial charge is 0.322 e. The Morgan fingerprint density at radius 3 is 2.59 bits per heavy atom. The van der Waals surface area contributed by atoms with E-state index < -0.39 is 22.0 Å². The van der Waals surface area contributed by atoms with Crippen LogP contribution in [0.1, 0.15) is 32.8 Å². The molecular weight excluding hydrogens is 428 g/mol. The first kappa shape index (κ1) is 23.7. The number of hydrogen-bond acceptors (Lipinski definition) is 6. The molecule has 172 valence electrons. The highest BCUT2D eigenvalue weighted by Gasteiger charge is 2.35. The second kappa shape index (κ2) is 9.70. The molecule has 0 radical (unpaired) electrons. The van der Waals surface area contributed by atoms with E-state index in [9.17, 15) is 18.3 Å². The summed E-state index contributed by atoms with van der Waals surface area (Å²) in [7, 11) is -4.01. The zero-order chi connectivity index (χ0) is 23.5. The van der Waals surface area contributed by atoms with Gasteiger partial charge in [0, 0.05) is 19.3 Å². The van der Waals surface area contributed by atoms with E-state index in [2.05, 4.69) is 21.8 Å². The maximum absolute atomic E-state index is 13.3. The van der Waals surface area contributed by atoms with Gasteiger partial charge in [-0.25, -0.2) is 8.42 Å². The van der Waals surface area contributed by atoms with E-state index in [-0.39, 0.29) is 29.9 Å². The number of rotatable bonds is 10. The van der Waals surface area contributed by atoms with E-state index in [4.69, 9.17) is 0 Å². The van der Waals surface area contributed by atoms with Crippen molar-refractivity contribution in [3.8, 4) is 0 Å². The van der Waals surface area contributed by atoms with Crippen molar-refractivity contribution in [3.63, 3.8) is 0 Å². The van der Waals surface area contributed by atoms with Crippen molar-refractivity contribution in [1.82, 2.24) is 9.29 Å². The van der Waals surface area contributed by atoms with Crippen LogP contribution in [0.4, 0.5) is 11.4 Å². The summed E-state index contributed by atoms with van der Waals surface area (Å²) >= 11 is 0. The molecular formula is C23H30N4O4S. The molecule has 2 aromatic rings. The number of nitrogens with one attached hydrogen (secondary N) is 1. The van der Waals surface area contributed by atoms with Gasteiger partial charge < -0.3 is 15.3 Å². The number of hydrogen-bond donors (Lipinski definition) is 2. The number of carboxylic acid groups (broad SMARTS) is 1. The molecule has 0 fully saturated rings. The molecule has 0 spiro atoms. The topological polar surface area (TPSA) is 103 Å². The fraction of sp³-hybridized carbons (Fsp3) is 0.391. The van der Waals surface area contributed by atoms with E-state index in [1.165, 1.54) is 18.2 Å². The van der Waals surface area contributed by atoms with Gasteiger partial charge in [-0.05, 0) is 43.0 Å². The molecule has 1 unspecified atom stereocenters. The molecule has 0 amide bonds. The third kappa shape index (κ3) is 4.94. The van der Waals surface area contributed by atoms with Crippen molar-refractivity contribution < 1.29 is 18.3 Å². The van der Waals surface area contributed by atoms with Gasteiger partial charge in [-0.2, -0.15) is 4.31 Å². The number of anilines is 2. The normalized spacial score (nSPS) is 16.7. The number of fused-ring (bicyclic) bond motifs is 1. The highest BCUT2D eigenvalue weighted by molar-refractivity contribution is 7.89. The molecule has 1 aromatic carbocycles. The highest BCUT2D eigenvalue weighted by Crippen LogP contribution is 2.34. The predicted octanol–water partition coefficient (Wildman–Crippen LogP) is 3.54. The second-order valence-corrected chi connectivity index (χ2v) is 10.2. The van der Waals surface area contributed by atoms with Crippen LogP contribution >= 0.6 is 0 Å². The van der Waals surface area contributed by atoms with Gasteiger partial charge in [0.15, 0.2) is 0 Å². The molecule has 32 heavy (non-hydrogen) atoms. The molecule has 2 N–H and O–H groups in total. The predicted molar refractivity (Wildman–Crippen MR) is 125 cm³/mol. The molecule has 2 atom stereocenters. The summed E-state index contributed by atoms with van der Waals surface area (Å²) in [6, 6.07) is 7.40. The maximum atomic E-state index is 13.3. The first-order valence-electron chi connectivity index (χ1n) is 10.6. The van der Waals surface area contributed by atoms with Gasteiger partial charge >= 0.3 is 5.97 Å². The lowest BCUT2D eigenvalue weighted by molar-refractivity contribution is -0.141. The fourth-order valence-corrected chi connectivity index (χ4v) is 5.45. The van der Waals surface area contributed by atoms with Gasteiger partial charge in [0.05, 0.1) is 28.6 Å². The number of carbonyl (C=O) groups is 1. The maximum Gasteiger partial charge on any atom is 0.322 e. The summed E-state index contributed by atoms with van der Waals surface area (Å²) in [5, 5.41) is 13.0. The van der Waals surface area contributed by atoms with Crippen LogP contribution in [-0.4, -0.2) is 47.5 Å². The number of aromatic nitrogens is 1. The molecule has 9 heteroatoms. The van der Waals surface area contributed by atoms with Crippen LogP contribution in [0.5, 0.6) is 0 Å². The Balaban J connectivity index is 1.84. The number of sulfonamides is 1. The van der Waals surface area contributed by atoms with Crippen LogP contribution < -0.4 is 10.2 Å². The van der Waals surface area contributed by atoms with Crippen LogP contribution in [0.2, 0.25) is 0 Å². The second-order valence-electron chi connectivity index (χ2n) is 8.33. The quantitative estimate of drug-likeness (QED) is 0.525. The van der Waals surface area contributed by atoms with Gasteiger partial charge in [-0.3, -0.25) is 9.78 Å². The molecule has 1 aliphatic rings. The largest absolute Gasteiger partial charge is 0.480 e. The van der Waals surface area contributed by atoms with Crippen molar-refractivity contribution in [2.24, 2.45) is 5.92 Å². The van der Waals surface area contributed by atoms with E-state index in [0.717, 1.165) is 21.2 Å². The Kier molecular flexibility index (Phi) is 7.20. The third-order valence-corrected chi connectivity index (χ3v) is 7.35. The van der Waals surface area contributed by atoms with Crippen molar-refractivity contribution in [2.75, 3.05) is 16.8 Å². The average molecular weight is 459 g/mol. The summed E-state index contributed by atoms with van der Waals surface area (Å²) in [4.78, 5) is 18.2. The first-order chi connectivity index (χ1) is 15.1. The third-order valence-electron chi connectivity index (χ3n) is 5.46. The summed E-state index contributed by atoms with van der Waals surface area (Å²) in [6.45, 7) is 9.91. The summed E-state index contributed by atoms with van der Waals surface area (Å²) in [6.07, 6.45) is 5.23. The Bertz CT molecular complexity index is 1070. The van der Waals surface area contributed by atoms with Crippen molar-refractivity contribution in [2.45, 2.75) is 50.8 Å². The van der Waals surface area contributed by atoms with Gasteiger partial charge in [0.1, 0.15) is 6.04 Å². The van der Waals surface area contributed by atoms with Crippen LogP contribution in [-0.2, 0) is 21.4 Å². The van der Waals surface area contributed by atoms with Gasteiger partial charge in [-0.15, -0.1) is 6.58 Å². The highest BCUT2D eigenvalue weighted by atomic mass is 32.2. The molecule has 3 rings (SSSR count). The lowest BCUT2D eigenvalue weighted by atomic mass is 10.0. The molecule has 0 aliphatic carbocycles. The number of pyridine rings is 1. The van der Waals surface area contributed by atoms with Gasteiger partial charge in [-0.1, -0.05) is 32.1 Å². The van der Waals surface area contributed by atoms with E-state index in [0.29, 0.717) is 6.54 Å². The lowest BCUT2D eigenvalue weighted by Crippen LogP contribution is -2.45. The van der Waals surface area contributed by atoms with Crippen LogP contribution in [0.15, 0.2) is 60.3 Å². The fourth-order valence-electron chi connectivity index (χ4n) is 3.89. The van der Waals surface area contributed by atoms with Gasteiger partial charge in [0.25, 0.3) is 0 Å². The number of benzene rings is 1. The Morgan fingerprint density at radius 2 is 2.00 bits per heavy atom. The Labute approximate surface area is 189 Å². The van der Waals surface area contributed by atoms with E-state index >= 15 is 0 Å². The van der Waals surface area contributed by atoms with Gasteiger partial charge in [0.2, 0.25) is 10.0 Å². The van der Waals surface area contributed by atoms with Crippen molar-refractivity contribution in [1.29, 1.82) is 0 Å². The molecule has 2 heterocycles. The summed E-state index contributed by atoms with van der Waals surface area (Å²) < 4.78 is 27.6. The average Bonchev–Trinajstić information content (AvgIpc) is 3.05. The van der Waals surface area contributed by atoms with Crippen molar-refractivity contribution in [3.05, 3.63) is 60.9 Å². The molecule has 0 saturated carbocycles. The summed E-state index contributed by atoms with van der Waals surface area (Å²) in [5.41, 5.74) is 2.94. The SMILES string of the molecule is C=CCN([C@@H](CC(C)C)C(=O)O)S(=O)(=O)c1ccc(CN2c3ccncc3NC2C)cc1. The molecule has 1 aliphatic heterocycles. The van der Waals surface area contributed by atoms with Crippen LogP contribution in [0.25, 0.3) is 0 Å². The first-order valence-corrected chi connectivity index (χ1v) is 12.0. The lowest BCUT2D eigenvalue weighted by Gasteiger charge is -2.28. The molecule has 1 aromatic heterocycles. The summed E-state index contributed by atoms with van der Waals surface area (Å²) in [5.74, 6) is -1.14. The minimum absolute atomic E-state index is 0.0233. The molecule has 0 saturated heterocycles. The van der Waals surface area contributed by atoms with Crippen LogP contribution in [0.3, 0.4) is 0 Å². The molecule has 8 nitrogen and oxygen atoms in total. The van der Waals surface area contributed by atoms with Crippen molar-refractivity contribution >= 4 is 27.4 Å². The zero-order valence-corrected chi connectivity index (χ0v) is 19.4. The number of carboxylic acids is 1.